The van der Waals surface area contributed by atoms with Crippen molar-refractivity contribution in [3.05, 3.63) is 70.5 Å². The number of aryl methyl sites for hydroxylation is 3. The zero-order valence-electron chi connectivity index (χ0n) is 15.1. The third kappa shape index (κ3) is 3.85. The second kappa shape index (κ2) is 6.90. The maximum absolute atomic E-state index is 8.89. The second-order valence-electron chi connectivity index (χ2n) is 6.50. The van der Waals surface area contributed by atoms with Gasteiger partial charge in [0.1, 0.15) is 5.82 Å². The van der Waals surface area contributed by atoms with Crippen molar-refractivity contribution in [2.24, 2.45) is 10.7 Å². The summed E-state index contributed by atoms with van der Waals surface area (Å²) in [6, 6.07) is 13.4. The van der Waals surface area contributed by atoms with Crippen molar-refractivity contribution >= 4 is 17.7 Å². The molecule has 6 nitrogen and oxygen atoms in total. The van der Waals surface area contributed by atoms with Gasteiger partial charge >= 0.3 is 0 Å². The average Bonchev–Trinajstić information content (AvgIpc) is 2.58. The molecule has 0 aliphatic carbocycles. The first-order valence-electron chi connectivity index (χ1n) is 8.34. The lowest BCUT2D eigenvalue weighted by Gasteiger charge is -2.29. The SMILES string of the molecule is Cc1cc(C)c(NC2=CC(N)(Nc3ccc(C#N)cc3)N=CN2)c(C)c1. The van der Waals surface area contributed by atoms with Crippen molar-refractivity contribution in [3.63, 3.8) is 0 Å². The second-order valence-corrected chi connectivity index (χ2v) is 6.50. The fraction of sp³-hybridized carbons (Fsp3) is 0.200. The van der Waals surface area contributed by atoms with Crippen molar-refractivity contribution in [1.29, 1.82) is 5.26 Å². The van der Waals surface area contributed by atoms with Crippen LogP contribution in [0.2, 0.25) is 0 Å². The molecule has 1 atom stereocenters. The molecule has 6 heteroatoms. The van der Waals surface area contributed by atoms with E-state index in [1.54, 1.807) is 36.7 Å². The predicted molar refractivity (Wildman–Crippen MR) is 106 cm³/mol. The summed E-state index contributed by atoms with van der Waals surface area (Å²) in [5.74, 6) is -0.340. The first-order chi connectivity index (χ1) is 12.4. The number of nitriles is 1. The first kappa shape index (κ1) is 17.5. The minimum Gasteiger partial charge on any atom is -0.346 e. The average molecular weight is 346 g/mol. The number of anilines is 2. The van der Waals surface area contributed by atoms with E-state index in [4.69, 9.17) is 11.0 Å². The Morgan fingerprint density at radius 1 is 1.12 bits per heavy atom. The largest absolute Gasteiger partial charge is 0.346 e. The fourth-order valence-corrected chi connectivity index (χ4v) is 3.02. The molecule has 0 saturated heterocycles. The molecule has 2 aromatic carbocycles. The Bertz CT molecular complexity index is 897. The molecule has 3 rings (SSSR count). The minimum absolute atomic E-state index is 0.596. The van der Waals surface area contributed by atoms with Gasteiger partial charge in [-0.15, -0.1) is 0 Å². The highest BCUT2D eigenvalue weighted by Crippen LogP contribution is 2.24. The normalized spacial score (nSPS) is 18.5. The van der Waals surface area contributed by atoms with Crippen molar-refractivity contribution in [2.45, 2.75) is 26.6 Å². The number of hydrogen-bond donors (Lipinski definition) is 4. The summed E-state index contributed by atoms with van der Waals surface area (Å²) in [6.07, 6.45) is 3.36. The molecular formula is C20H22N6. The van der Waals surface area contributed by atoms with Gasteiger partial charge in [-0.3, -0.25) is 5.73 Å². The van der Waals surface area contributed by atoms with Gasteiger partial charge in [0.15, 0.2) is 0 Å². The van der Waals surface area contributed by atoms with Crippen LogP contribution in [0.3, 0.4) is 0 Å². The Labute approximate surface area is 153 Å². The fourth-order valence-electron chi connectivity index (χ4n) is 3.02. The van der Waals surface area contributed by atoms with Gasteiger partial charge in [-0.2, -0.15) is 5.26 Å². The number of rotatable bonds is 4. The van der Waals surface area contributed by atoms with Gasteiger partial charge in [-0.1, -0.05) is 17.7 Å². The van der Waals surface area contributed by atoms with E-state index in [1.807, 2.05) is 0 Å². The summed E-state index contributed by atoms with van der Waals surface area (Å²) in [6.45, 7) is 6.23. The standard InChI is InChI=1S/C20H22N6/c1-13-8-14(2)19(15(3)9-13)25-18-10-20(22,24-12-23-18)26-17-6-4-16(11-21)5-7-17/h4-10,12,25-26H,22H2,1-3H3,(H,23,24). The molecule has 0 aromatic heterocycles. The summed E-state index contributed by atoms with van der Waals surface area (Å²) in [5, 5.41) is 18.6. The van der Waals surface area contributed by atoms with E-state index in [0.717, 1.165) is 28.3 Å². The third-order valence-electron chi connectivity index (χ3n) is 4.16. The molecule has 2 aromatic rings. The van der Waals surface area contributed by atoms with E-state index in [9.17, 15) is 0 Å². The van der Waals surface area contributed by atoms with Crippen LogP contribution in [-0.4, -0.2) is 12.1 Å². The van der Waals surface area contributed by atoms with E-state index in [1.165, 1.54) is 5.56 Å². The molecule has 132 valence electrons. The first-order valence-corrected chi connectivity index (χ1v) is 8.34. The summed E-state index contributed by atoms with van der Waals surface area (Å²) in [5.41, 5.74) is 12.4. The number of nitrogens with zero attached hydrogens (tertiary/aromatic N) is 2. The molecular weight excluding hydrogens is 324 g/mol. The summed E-state index contributed by atoms with van der Waals surface area (Å²) in [7, 11) is 0. The van der Waals surface area contributed by atoms with Gasteiger partial charge in [0, 0.05) is 17.5 Å². The zero-order valence-corrected chi connectivity index (χ0v) is 15.1. The third-order valence-corrected chi connectivity index (χ3v) is 4.16. The van der Waals surface area contributed by atoms with Crippen LogP contribution in [0.5, 0.6) is 0 Å². The van der Waals surface area contributed by atoms with Gasteiger partial charge < -0.3 is 16.0 Å². The molecule has 0 radical (unpaired) electrons. The monoisotopic (exact) mass is 346 g/mol. The van der Waals surface area contributed by atoms with Gasteiger partial charge in [-0.05, 0) is 56.2 Å². The number of nitrogens with two attached hydrogens (primary N) is 1. The molecule has 0 fully saturated rings. The Balaban J connectivity index is 1.81. The molecule has 26 heavy (non-hydrogen) atoms. The molecule has 0 saturated carbocycles. The summed E-state index contributed by atoms with van der Waals surface area (Å²) < 4.78 is 0. The maximum atomic E-state index is 8.89. The lowest BCUT2D eigenvalue weighted by Crippen LogP contribution is -2.48. The van der Waals surface area contributed by atoms with Crippen LogP contribution in [0.4, 0.5) is 11.4 Å². The molecule has 1 heterocycles. The van der Waals surface area contributed by atoms with Crippen molar-refractivity contribution < 1.29 is 0 Å². The predicted octanol–water partition coefficient (Wildman–Crippen LogP) is 3.09. The van der Waals surface area contributed by atoms with Crippen LogP contribution in [0.25, 0.3) is 0 Å². The lowest BCUT2D eigenvalue weighted by molar-refractivity contribution is 0.621. The van der Waals surface area contributed by atoms with Gasteiger partial charge in [0.05, 0.1) is 18.0 Å². The van der Waals surface area contributed by atoms with Crippen molar-refractivity contribution in [1.82, 2.24) is 5.32 Å². The molecule has 1 aliphatic heterocycles. The Hall–Kier alpha value is -3.30. The van der Waals surface area contributed by atoms with Crippen LogP contribution in [-0.2, 0) is 0 Å². The van der Waals surface area contributed by atoms with Gasteiger partial charge in [0.25, 0.3) is 0 Å². The van der Waals surface area contributed by atoms with Crippen molar-refractivity contribution in [2.75, 3.05) is 10.6 Å². The number of nitrogens with one attached hydrogen (secondary N) is 3. The highest BCUT2D eigenvalue weighted by molar-refractivity contribution is 5.68. The quantitative estimate of drug-likeness (QED) is 0.638. The molecule has 1 aliphatic rings. The summed E-state index contributed by atoms with van der Waals surface area (Å²) >= 11 is 0. The lowest BCUT2D eigenvalue weighted by atomic mass is 10.1. The highest BCUT2D eigenvalue weighted by atomic mass is 15.3. The molecule has 0 amide bonds. The van der Waals surface area contributed by atoms with Crippen LogP contribution in [0, 0.1) is 32.1 Å². The maximum Gasteiger partial charge on any atom is 0.207 e. The van der Waals surface area contributed by atoms with Crippen LogP contribution in [0.1, 0.15) is 22.3 Å². The van der Waals surface area contributed by atoms with E-state index in [-0.39, 0.29) is 0 Å². The Morgan fingerprint density at radius 3 is 2.38 bits per heavy atom. The number of hydrogen-bond acceptors (Lipinski definition) is 6. The van der Waals surface area contributed by atoms with Crippen LogP contribution in [0.15, 0.2) is 53.3 Å². The topological polar surface area (TPSA) is 98.3 Å². The highest BCUT2D eigenvalue weighted by Gasteiger charge is 2.24. The molecule has 0 spiro atoms. The van der Waals surface area contributed by atoms with Gasteiger partial charge in [0.2, 0.25) is 5.79 Å². The van der Waals surface area contributed by atoms with Gasteiger partial charge in [-0.25, -0.2) is 4.99 Å². The molecule has 1 unspecified atom stereocenters. The van der Waals surface area contributed by atoms with Crippen molar-refractivity contribution in [3.8, 4) is 6.07 Å². The smallest absolute Gasteiger partial charge is 0.207 e. The summed E-state index contributed by atoms with van der Waals surface area (Å²) in [4.78, 5) is 4.30. The van der Waals surface area contributed by atoms with Crippen LogP contribution >= 0.6 is 0 Å². The van der Waals surface area contributed by atoms with E-state index >= 15 is 0 Å². The minimum atomic E-state index is -1.09. The number of benzene rings is 2. The van der Waals surface area contributed by atoms with E-state index in [2.05, 4.69) is 59.9 Å². The molecule has 0 bridgehead atoms. The number of aliphatic imine (C=N–C) groups is 1. The Morgan fingerprint density at radius 2 is 1.77 bits per heavy atom. The Kier molecular flexibility index (Phi) is 4.65. The molecule has 5 N–H and O–H groups in total. The van der Waals surface area contributed by atoms with E-state index < -0.39 is 5.79 Å². The van der Waals surface area contributed by atoms with E-state index in [0.29, 0.717) is 5.56 Å². The van der Waals surface area contributed by atoms with Crippen LogP contribution < -0.4 is 21.7 Å². The zero-order chi connectivity index (χ0) is 18.7.